The molecule has 8 heteroatoms. The molecule has 0 aromatic rings. The van der Waals surface area contributed by atoms with Crippen LogP contribution in [0.2, 0.25) is 58.9 Å². The molecule has 0 bridgehead atoms. The SMILES string of the molecule is C[C]#[W].C[Si](C)(C)[N-]CCN(CC[N-][Si](C)(C)C)CC[N-][Si](C)(C)C. The molecule has 0 aliphatic carbocycles. The Labute approximate surface area is 172 Å². The smallest absolute Gasteiger partial charge is 0.0210 e. The summed E-state index contributed by atoms with van der Waals surface area (Å²) in [5, 5.41) is 0. The molecule has 0 heterocycles. The van der Waals surface area contributed by atoms with Gasteiger partial charge in [-0.1, -0.05) is 83.6 Å². The van der Waals surface area contributed by atoms with Crippen molar-refractivity contribution in [3.63, 3.8) is 0 Å². The average Bonchev–Trinajstić information content (AvgIpc) is 2.34. The summed E-state index contributed by atoms with van der Waals surface area (Å²) in [6.45, 7) is 28.7. The molecule has 0 radical (unpaired) electrons. The summed E-state index contributed by atoms with van der Waals surface area (Å²) in [4.78, 5) is 17.1. The van der Waals surface area contributed by atoms with Crippen molar-refractivity contribution in [2.75, 3.05) is 39.3 Å². The Bertz CT molecular complexity index is 321. The topological polar surface area (TPSA) is 45.5 Å². The molecule has 151 valence electrons. The summed E-state index contributed by atoms with van der Waals surface area (Å²) in [6.07, 6.45) is 0. The van der Waals surface area contributed by atoms with E-state index in [4.69, 9.17) is 14.9 Å². The third-order valence-electron chi connectivity index (χ3n) is 3.01. The molecule has 0 aromatic heterocycles. The van der Waals surface area contributed by atoms with E-state index in [1.54, 1.807) is 0 Å². The summed E-state index contributed by atoms with van der Waals surface area (Å²) in [5.74, 6) is 0. The van der Waals surface area contributed by atoms with Gasteiger partial charge in [-0.15, -0.1) is 19.6 Å². The van der Waals surface area contributed by atoms with Crippen LogP contribution >= 0.6 is 0 Å². The van der Waals surface area contributed by atoms with Crippen molar-refractivity contribution < 1.29 is 19.2 Å². The quantitative estimate of drug-likeness (QED) is 0.289. The molecular formula is C17H42N4Si3W-3. The van der Waals surface area contributed by atoms with Gasteiger partial charge in [0.25, 0.3) is 0 Å². The number of nitrogens with zero attached hydrogens (tertiary/aromatic N) is 4. The second-order valence-electron chi connectivity index (χ2n) is 9.20. The molecule has 0 saturated carbocycles. The molecule has 0 aromatic carbocycles. The van der Waals surface area contributed by atoms with Crippen LogP contribution in [0.25, 0.3) is 14.9 Å². The van der Waals surface area contributed by atoms with Gasteiger partial charge in [0.1, 0.15) is 0 Å². The number of hydrogen-bond acceptors (Lipinski definition) is 1. The molecule has 25 heavy (non-hydrogen) atoms. The Morgan fingerprint density at radius 3 is 1.00 bits per heavy atom. The molecule has 0 aliphatic rings. The third kappa shape index (κ3) is 27.3. The first-order valence-corrected chi connectivity index (χ1v) is 21.1. The van der Waals surface area contributed by atoms with E-state index in [2.05, 4.69) is 68.0 Å². The first-order valence-electron chi connectivity index (χ1n) is 9.27. The minimum Gasteiger partial charge on any atom is -0.664 e. The van der Waals surface area contributed by atoms with Gasteiger partial charge in [-0.05, 0) is 19.6 Å². The Morgan fingerprint density at radius 1 is 0.640 bits per heavy atom. The summed E-state index contributed by atoms with van der Waals surface area (Å²) in [7, 11) is -3.84. The molecule has 0 unspecified atom stereocenters. The summed E-state index contributed by atoms with van der Waals surface area (Å²) >= 11 is 1.42. The summed E-state index contributed by atoms with van der Waals surface area (Å²) in [6, 6.07) is 0. The molecule has 0 N–H and O–H groups in total. The Balaban J connectivity index is 0. The van der Waals surface area contributed by atoms with E-state index in [1.807, 2.05) is 6.92 Å². The normalized spacial score (nSPS) is 12.6. The van der Waals surface area contributed by atoms with Gasteiger partial charge >= 0.3 is 30.3 Å². The van der Waals surface area contributed by atoms with Crippen molar-refractivity contribution in [3.05, 3.63) is 14.9 Å². The monoisotopic (exact) mass is 570 g/mol. The predicted octanol–water partition coefficient (Wildman–Crippen LogP) is 5.43. The molecule has 0 fully saturated rings. The molecular weight excluding hydrogens is 528 g/mol. The van der Waals surface area contributed by atoms with Crippen LogP contribution in [0.3, 0.4) is 0 Å². The van der Waals surface area contributed by atoms with Crippen molar-refractivity contribution in [3.8, 4) is 4.20 Å². The molecule has 0 aliphatic heterocycles. The average molecular weight is 571 g/mol. The van der Waals surface area contributed by atoms with Crippen LogP contribution in [0.5, 0.6) is 0 Å². The second kappa shape index (κ2) is 14.0. The van der Waals surface area contributed by atoms with Gasteiger partial charge in [-0.3, -0.25) is 0 Å². The van der Waals surface area contributed by atoms with Crippen molar-refractivity contribution in [1.82, 2.24) is 4.90 Å². The first-order chi connectivity index (χ1) is 11.2. The van der Waals surface area contributed by atoms with Gasteiger partial charge in [0.2, 0.25) is 0 Å². The zero-order chi connectivity index (χ0) is 20.1. The van der Waals surface area contributed by atoms with Gasteiger partial charge < -0.3 is 19.8 Å². The first kappa shape index (κ1) is 28.2. The van der Waals surface area contributed by atoms with Gasteiger partial charge in [0.15, 0.2) is 0 Å². The van der Waals surface area contributed by atoms with Crippen molar-refractivity contribution in [1.29, 1.82) is 0 Å². The minimum atomic E-state index is -1.28. The van der Waals surface area contributed by atoms with Crippen LogP contribution in [-0.2, 0) is 19.2 Å². The van der Waals surface area contributed by atoms with Crippen LogP contribution in [0.4, 0.5) is 0 Å². The van der Waals surface area contributed by atoms with E-state index < -0.39 is 24.7 Å². The van der Waals surface area contributed by atoms with Crippen LogP contribution in [0.1, 0.15) is 6.92 Å². The molecule has 4 nitrogen and oxygen atoms in total. The van der Waals surface area contributed by atoms with Crippen LogP contribution < -0.4 is 0 Å². The fourth-order valence-electron chi connectivity index (χ4n) is 1.92. The van der Waals surface area contributed by atoms with Crippen molar-refractivity contribution in [2.45, 2.75) is 65.8 Å². The van der Waals surface area contributed by atoms with Crippen LogP contribution in [0, 0.1) is 4.20 Å². The van der Waals surface area contributed by atoms with Crippen molar-refractivity contribution >= 4 is 24.7 Å². The van der Waals surface area contributed by atoms with E-state index in [0.29, 0.717) is 0 Å². The van der Waals surface area contributed by atoms with Gasteiger partial charge in [-0.25, -0.2) is 0 Å². The molecule has 0 rings (SSSR count). The van der Waals surface area contributed by atoms with Crippen LogP contribution in [-0.4, -0.2) is 68.9 Å². The van der Waals surface area contributed by atoms with Crippen molar-refractivity contribution in [2.24, 2.45) is 0 Å². The van der Waals surface area contributed by atoms with Crippen LogP contribution in [0.15, 0.2) is 0 Å². The van der Waals surface area contributed by atoms with E-state index in [0.717, 1.165) is 39.3 Å². The maximum Gasteiger partial charge on any atom is -0.0210 e. The predicted molar refractivity (Wildman–Crippen MR) is 121 cm³/mol. The fraction of sp³-hybridized carbons (Fsp3) is 0.941. The molecule has 0 atom stereocenters. The molecule has 0 amide bonds. The number of rotatable bonds is 12. The second-order valence-corrected chi connectivity index (χ2v) is 24.6. The maximum absolute atomic E-state index is 4.86. The fourth-order valence-corrected chi connectivity index (χ4v) is 4.23. The molecule has 0 spiro atoms. The summed E-state index contributed by atoms with van der Waals surface area (Å²) < 4.78 is 2.83. The zero-order valence-electron chi connectivity index (χ0n) is 18.4. The van der Waals surface area contributed by atoms with Gasteiger partial charge in [0.05, 0.1) is 0 Å². The van der Waals surface area contributed by atoms with E-state index in [1.165, 1.54) is 19.2 Å². The number of hydrogen-bond donors (Lipinski definition) is 0. The Kier molecular flexibility index (Phi) is 15.8. The third-order valence-corrected chi connectivity index (χ3v) is 6.52. The van der Waals surface area contributed by atoms with E-state index >= 15 is 0 Å². The largest absolute Gasteiger partial charge is 0.664 e. The van der Waals surface area contributed by atoms with E-state index in [9.17, 15) is 0 Å². The zero-order valence-corrected chi connectivity index (χ0v) is 24.4. The minimum absolute atomic E-state index is 0.968. The Morgan fingerprint density at radius 2 is 0.840 bits per heavy atom. The Hall–Kier alpha value is 0.959. The van der Waals surface area contributed by atoms with E-state index in [-0.39, 0.29) is 0 Å². The molecule has 0 saturated heterocycles. The maximum atomic E-state index is 4.86. The standard InChI is InChI=1S/C15H39N4Si3.C2H3.W/c1-20(2,3)16-10-13-19(14-11-17-21(4,5)6)15-12-18-22(7,8)9;1-2;/h10-15H2,1-9H3;1H3;/q-3;;. The van der Waals surface area contributed by atoms with Gasteiger partial charge in [-0.2, -0.15) is 0 Å². The van der Waals surface area contributed by atoms with Gasteiger partial charge in [0, 0.05) is 0 Å². The summed E-state index contributed by atoms with van der Waals surface area (Å²) in [5.41, 5.74) is 0.